The van der Waals surface area contributed by atoms with Gasteiger partial charge >= 0.3 is 0 Å². The maximum atomic E-state index is 12.3. The number of carbonyl (C=O) groups is 1. The van der Waals surface area contributed by atoms with Crippen molar-refractivity contribution < 1.29 is 4.79 Å². The third kappa shape index (κ3) is 4.01. The Balaban J connectivity index is 1.57. The molecule has 1 atom stereocenters. The normalized spacial score (nSPS) is 12.4. The van der Waals surface area contributed by atoms with Crippen LogP contribution in [0.3, 0.4) is 0 Å². The van der Waals surface area contributed by atoms with Gasteiger partial charge in [-0.2, -0.15) is 0 Å². The van der Waals surface area contributed by atoms with Crippen LogP contribution >= 0.6 is 11.3 Å². The van der Waals surface area contributed by atoms with Crippen molar-refractivity contribution >= 4 is 34.2 Å². The van der Waals surface area contributed by atoms with E-state index in [1.807, 2.05) is 53.9 Å². The van der Waals surface area contributed by atoms with Crippen LogP contribution in [0.5, 0.6) is 0 Å². The lowest BCUT2D eigenvalue weighted by molar-refractivity contribution is -0.116. The first kappa shape index (κ1) is 17.3. The first-order valence-corrected chi connectivity index (χ1v) is 9.79. The number of amides is 1. The Hall–Kier alpha value is -3.11. The molecule has 0 aliphatic rings. The fourth-order valence-electron chi connectivity index (χ4n) is 3.28. The largest absolute Gasteiger partial charge is 0.361 e. The van der Waals surface area contributed by atoms with E-state index in [0.29, 0.717) is 6.54 Å². The number of aromatic nitrogens is 1. The van der Waals surface area contributed by atoms with E-state index >= 15 is 0 Å². The number of thiophene rings is 1. The molecular formula is C23H20N2OS. The third-order valence-corrected chi connectivity index (χ3v) is 5.46. The summed E-state index contributed by atoms with van der Waals surface area (Å²) in [5.41, 5.74) is 3.49. The second-order valence-electron chi connectivity index (χ2n) is 6.35. The molecule has 1 amide bonds. The monoisotopic (exact) mass is 372 g/mol. The first-order chi connectivity index (χ1) is 13.3. The number of H-pyrrole nitrogens is 1. The van der Waals surface area contributed by atoms with Gasteiger partial charge in [-0.05, 0) is 34.7 Å². The minimum absolute atomic E-state index is 0.0795. The molecule has 0 aliphatic carbocycles. The molecule has 4 rings (SSSR count). The number of aromatic amines is 1. The molecule has 2 aromatic carbocycles. The molecule has 0 radical (unpaired) electrons. The van der Waals surface area contributed by atoms with Crippen LogP contribution in [0.4, 0.5) is 0 Å². The van der Waals surface area contributed by atoms with Gasteiger partial charge in [-0.3, -0.25) is 4.79 Å². The number of para-hydroxylation sites is 1. The van der Waals surface area contributed by atoms with Crippen LogP contribution in [0.15, 0.2) is 84.4 Å². The zero-order valence-electron chi connectivity index (χ0n) is 14.8. The van der Waals surface area contributed by atoms with Crippen LogP contribution in [0.2, 0.25) is 0 Å². The highest BCUT2D eigenvalue weighted by Crippen LogP contribution is 2.30. The predicted octanol–water partition coefficient (Wildman–Crippen LogP) is 5.19. The standard InChI is InChI=1S/C23H20N2OS/c26-23(13-12-18-9-6-14-27-18)25-15-20(17-7-2-1-3-8-17)21-16-24-22-11-5-4-10-19(21)22/h1-14,16,20,24H,15H2,(H,25,26). The number of benzene rings is 2. The van der Waals surface area contributed by atoms with Crippen LogP contribution in [-0.4, -0.2) is 17.4 Å². The van der Waals surface area contributed by atoms with E-state index in [9.17, 15) is 4.79 Å². The highest BCUT2D eigenvalue weighted by atomic mass is 32.1. The number of fused-ring (bicyclic) bond motifs is 1. The Morgan fingerprint density at radius 1 is 1.04 bits per heavy atom. The molecule has 0 fully saturated rings. The molecule has 0 saturated carbocycles. The van der Waals surface area contributed by atoms with E-state index in [-0.39, 0.29) is 11.8 Å². The van der Waals surface area contributed by atoms with Crippen molar-refractivity contribution in [3.8, 4) is 0 Å². The molecule has 0 aliphatic heterocycles. The first-order valence-electron chi connectivity index (χ1n) is 8.91. The molecule has 0 saturated heterocycles. The van der Waals surface area contributed by atoms with Crippen LogP contribution in [-0.2, 0) is 4.79 Å². The van der Waals surface area contributed by atoms with Gasteiger partial charge in [0, 0.05) is 40.5 Å². The van der Waals surface area contributed by atoms with Gasteiger partial charge in [0.1, 0.15) is 0 Å². The summed E-state index contributed by atoms with van der Waals surface area (Å²) < 4.78 is 0. The van der Waals surface area contributed by atoms with Crippen molar-refractivity contribution in [1.82, 2.24) is 10.3 Å². The van der Waals surface area contributed by atoms with Gasteiger partial charge in [-0.25, -0.2) is 0 Å². The maximum Gasteiger partial charge on any atom is 0.244 e. The van der Waals surface area contributed by atoms with E-state index < -0.39 is 0 Å². The molecule has 4 aromatic rings. The molecular weight excluding hydrogens is 352 g/mol. The highest BCUT2D eigenvalue weighted by molar-refractivity contribution is 7.10. The molecule has 0 spiro atoms. The van der Waals surface area contributed by atoms with Gasteiger partial charge in [0.15, 0.2) is 0 Å². The van der Waals surface area contributed by atoms with Crippen molar-refractivity contribution in [1.29, 1.82) is 0 Å². The van der Waals surface area contributed by atoms with Crippen molar-refractivity contribution in [2.75, 3.05) is 6.54 Å². The number of carbonyl (C=O) groups excluding carboxylic acids is 1. The van der Waals surface area contributed by atoms with E-state index in [0.717, 1.165) is 10.4 Å². The summed E-state index contributed by atoms with van der Waals surface area (Å²) in [6.45, 7) is 0.541. The van der Waals surface area contributed by atoms with Crippen LogP contribution < -0.4 is 5.32 Å². The molecule has 27 heavy (non-hydrogen) atoms. The van der Waals surface area contributed by atoms with Crippen LogP contribution in [0.1, 0.15) is 21.9 Å². The van der Waals surface area contributed by atoms with Gasteiger partial charge in [0.05, 0.1) is 0 Å². The minimum Gasteiger partial charge on any atom is -0.361 e. The summed E-state index contributed by atoms with van der Waals surface area (Å²) in [7, 11) is 0. The molecule has 3 nitrogen and oxygen atoms in total. The summed E-state index contributed by atoms with van der Waals surface area (Å²) in [5.74, 6) is 0.00519. The van der Waals surface area contributed by atoms with Gasteiger partial charge in [-0.15, -0.1) is 11.3 Å². The minimum atomic E-state index is -0.0795. The average Bonchev–Trinajstić information content (AvgIpc) is 3.38. The van der Waals surface area contributed by atoms with Gasteiger partial charge in [0.2, 0.25) is 5.91 Å². The highest BCUT2D eigenvalue weighted by Gasteiger charge is 2.18. The molecule has 2 aromatic heterocycles. The predicted molar refractivity (Wildman–Crippen MR) is 113 cm³/mol. The molecule has 2 heterocycles. The molecule has 0 bridgehead atoms. The summed E-state index contributed by atoms with van der Waals surface area (Å²) in [4.78, 5) is 16.7. The smallest absolute Gasteiger partial charge is 0.244 e. The second kappa shape index (κ2) is 8.06. The van der Waals surface area contributed by atoms with E-state index in [1.54, 1.807) is 17.4 Å². The van der Waals surface area contributed by atoms with Crippen molar-refractivity contribution in [3.05, 3.63) is 100 Å². The fourth-order valence-corrected chi connectivity index (χ4v) is 3.90. The van der Waals surface area contributed by atoms with Gasteiger partial charge in [-0.1, -0.05) is 54.6 Å². The Morgan fingerprint density at radius 2 is 1.85 bits per heavy atom. The van der Waals surface area contributed by atoms with E-state index in [2.05, 4.69) is 40.8 Å². The summed E-state index contributed by atoms with van der Waals surface area (Å²) in [5, 5.41) is 6.25. The Labute approximate surface area is 162 Å². The van der Waals surface area contributed by atoms with Crippen LogP contribution in [0, 0.1) is 0 Å². The molecule has 4 heteroatoms. The van der Waals surface area contributed by atoms with Gasteiger partial charge in [0.25, 0.3) is 0 Å². The third-order valence-electron chi connectivity index (χ3n) is 4.62. The van der Waals surface area contributed by atoms with Crippen molar-refractivity contribution in [3.63, 3.8) is 0 Å². The number of nitrogens with one attached hydrogen (secondary N) is 2. The van der Waals surface area contributed by atoms with E-state index in [4.69, 9.17) is 0 Å². The lowest BCUT2D eigenvalue weighted by Gasteiger charge is -2.17. The SMILES string of the molecule is O=C(C=Cc1cccs1)NCC(c1ccccc1)c1c[nH]c2ccccc12. The quantitative estimate of drug-likeness (QED) is 0.450. The fraction of sp³-hybridized carbons (Fsp3) is 0.0870. The molecule has 134 valence electrons. The Bertz CT molecular complexity index is 1050. The maximum absolute atomic E-state index is 12.3. The number of rotatable bonds is 6. The lowest BCUT2D eigenvalue weighted by Crippen LogP contribution is -2.27. The zero-order valence-corrected chi connectivity index (χ0v) is 15.6. The zero-order chi connectivity index (χ0) is 18.5. The average molecular weight is 372 g/mol. The van der Waals surface area contributed by atoms with Crippen molar-refractivity contribution in [2.45, 2.75) is 5.92 Å². The summed E-state index contributed by atoms with van der Waals surface area (Å²) in [6.07, 6.45) is 5.50. The lowest BCUT2D eigenvalue weighted by atomic mass is 9.91. The Kier molecular flexibility index (Phi) is 5.17. The Morgan fingerprint density at radius 3 is 2.67 bits per heavy atom. The van der Waals surface area contributed by atoms with Crippen molar-refractivity contribution in [2.24, 2.45) is 0 Å². The van der Waals surface area contributed by atoms with Gasteiger partial charge < -0.3 is 10.3 Å². The molecule has 2 N–H and O–H groups in total. The number of hydrogen-bond donors (Lipinski definition) is 2. The van der Waals surface area contributed by atoms with Crippen LogP contribution in [0.25, 0.3) is 17.0 Å². The summed E-state index contributed by atoms with van der Waals surface area (Å²) in [6, 6.07) is 22.5. The second-order valence-corrected chi connectivity index (χ2v) is 7.33. The number of hydrogen-bond acceptors (Lipinski definition) is 2. The topological polar surface area (TPSA) is 44.9 Å². The van der Waals surface area contributed by atoms with E-state index in [1.165, 1.54) is 16.5 Å². The summed E-state index contributed by atoms with van der Waals surface area (Å²) >= 11 is 1.61. The molecule has 1 unspecified atom stereocenters.